The molecule has 19 heavy (non-hydrogen) atoms. The molecule has 0 aromatic heterocycles. The van der Waals surface area contributed by atoms with Crippen LogP contribution in [0.2, 0.25) is 0 Å². The summed E-state index contributed by atoms with van der Waals surface area (Å²) in [6.07, 6.45) is 0. The number of halogens is 1. The van der Waals surface area contributed by atoms with Gasteiger partial charge >= 0.3 is 0 Å². The number of hydrogen-bond donors (Lipinski definition) is 0. The third kappa shape index (κ3) is 2.88. The minimum atomic E-state index is 0.516. The molecule has 0 heterocycles. The molecule has 0 aliphatic carbocycles. The van der Waals surface area contributed by atoms with Crippen molar-refractivity contribution in [3.05, 3.63) is 52.0 Å². The normalized spacial score (nSPS) is 9.79. The Labute approximate surface area is 120 Å². The van der Waals surface area contributed by atoms with Gasteiger partial charge in [0.05, 0.1) is 17.1 Å². The molecule has 0 N–H and O–H groups in total. The Bertz CT molecular complexity index is 647. The van der Waals surface area contributed by atoms with E-state index in [1.54, 1.807) is 19.2 Å². The molecule has 0 aliphatic heterocycles. The third-order valence-electron chi connectivity index (χ3n) is 2.68. The van der Waals surface area contributed by atoms with Crippen LogP contribution in [0.25, 0.3) is 0 Å². The van der Waals surface area contributed by atoms with Gasteiger partial charge in [0.15, 0.2) is 0 Å². The Hall–Kier alpha value is -1.99. The van der Waals surface area contributed by atoms with Gasteiger partial charge < -0.3 is 9.47 Å². The van der Waals surface area contributed by atoms with Crippen molar-refractivity contribution in [2.24, 2.45) is 0 Å². The van der Waals surface area contributed by atoms with Gasteiger partial charge in [-0.25, -0.2) is 0 Å². The molecule has 96 valence electrons. The second-order valence-electron chi connectivity index (χ2n) is 3.96. The van der Waals surface area contributed by atoms with Crippen LogP contribution in [0, 0.1) is 18.3 Å². The lowest BCUT2D eigenvalue weighted by atomic mass is 10.1. The molecule has 0 aliphatic rings. The van der Waals surface area contributed by atoms with E-state index in [4.69, 9.17) is 14.7 Å². The number of aryl methyl sites for hydroxylation is 1. The molecule has 0 radical (unpaired) electrons. The topological polar surface area (TPSA) is 42.2 Å². The van der Waals surface area contributed by atoms with Crippen LogP contribution in [0.1, 0.15) is 11.1 Å². The zero-order valence-electron chi connectivity index (χ0n) is 10.6. The molecular formula is C15H12BrNO2. The van der Waals surface area contributed by atoms with Gasteiger partial charge in [-0.3, -0.25) is 0 Å². The first kappa shape index (κ1) is 13.4. The highest BCUT2D eigenvalue weighted by atomic mass is 79.9. The van der Waals surface area contributed by atoms with Crippen LogP contribution in [-0.2, 0) is 0 Å². The number of para-hydroxylation sites is 1. The van der Waals surface area contributed by atoms with Gasteiger partial charge in [0.2, 0.25) is 0 Å². The predicted octanol–water partition coefficient (Wildman–Crippen LogP) is 4.43. The molecule has 0 saturated heterocycles. The highest BCUT2D eigenvalue weighted by molar-refractivity contribution is 9.10. The zero-order chi connectivity index (χ0) is 13.8. The second-order valence-corrected chi connectivity index (χ2v) is 4.82. The lowest BCUT2D eigenvalue weighted by Crippen LogP contribution is -1.92. The Morgan fingerprint density at radius 2 is 2.00 bits per heavy atom. The van der Waals surface area contributed by atoms with Crippen LogP contribution in [0.3, 0.4) is 0 Å². The van der Waals surface area contributed by atoms with Crippen molar-refractivity contribution in [1.29, 1.82) is 5.26 Å². The van der Waals surface area contributed by atoms with Crippen molar-refractivity contribution >= 4 is 15.9 Å². The zero-order valence-corrected chi connectivity index (χ0v) is 12.2. The number of hydrogen-bond acceptors (Lipinski definition) is 3. The van der Waals surface area contributed by atoms with Crippen molar-refractivity contribution < 1.29 is 9.47 Å². The number of methoxy groups -OCH3 is 1. The van der Waals surface area contributed by atoms with Crippen LogP contribution in [-0.4, -0.2) is 7.11 Å². The average Bonchev–Trinajstić information content (AvgIpc) is 2.42. The maximum Gasteiger partial charge on any atom is 0.148 e. The number of benzene rings is 2. The Kier molecular flexibility index (Phi) is 4.08. The second kappa shape index (κ2) is 5.77. The predicted molar refractivity (Wildman–Crippen MR) is 76.7 cm³/mol. The Balaban J connectivity index is 2.40. The number of nitrogens with zero attached hydrogens (tertiary/aromatic N) is 1. The molecule has 2 rings (SSSR count). The molecule has 0 spiro atoms. The van der Waals surface area contributed by atoms with Gasteiger partial charge in [0.1, 0.15) is 23.3 Å². The van der Waals surface area contributed by atoms with E-state index in [0.717, 1.165) is 15.8 Å². The van der Waals surface area contributed by atoms with Crippen molar-refractivity contribution in [2.75, 3.05) is 7.11 Å². The van der Waals surface area contributed by atoms with Gasteiger partial charge in [-0.2, -0.15) is 5.26 Å². The monoisotopic (exact) mass is 317 g/mol. The van der Waals surface area contributed by atoms with Crippen molar-refractivity contribution in [3.63, 3.8) is 0 Å². The Morgan fingerprint density at radius 3 is 2.63 bits per heavy atom. The average molecular weight is 318 g/mol. The molecule has 0 amide bonds. The molecule has 0 unspecified atom stereocenters. The maximum absolute atomic E-state index is 9.11. The molecular weight excluding hydrogens is 306 g/mol. The number of ether oxygens (including phenoxy) is 2. The van der Waals surface area contributed by atoms with E-state index >= 15 is 0 Å². The largest absolute Gasteiger partial charge is 0.497 e. The molecule has 0 atom stereocenters. The van der Waals surface area contributed by atoms with Gasteiger partial charge in [0.25, 0.3) is 0 Å². The van der Waals surface area contributed by atoms with Gasteiger partial charge in [-0.1, -0.05) is 12.1 Å². The fraction of sp³-hybridized carbons (Fsp3) is 0.133. The summed E-state index contributed by atoms with van der Waals surface area (Å²) in [5.74, 6) is 1.96. The lowest BCUT2D eigenvalue weighted by Gasteiger charge is -2.12. The maximum atomic E-state index is 9.11. The van der Waals surface area contributed by atoms with Crippen molar-refractivity contribution in [2.45, 2.75) is 6.92 Å². The fourth-order valence-corrected chi connectivity index (χ4v) is 2.12. The van der Waals surface area contributed by atoms with Crippen molar-refractivity contribution in [1.82, 2.24) is 0 Å². The summed E-state index contributed by atoms with van der Waals surface area (Å²) in [6.45, 7) is 1.91. The first-order valence-electron chi connectivity index (χ1n) is 5.67. The Morgan fingerprint density at radius 1 is 1.21 bits per heavy atom. The van der Waals surface area contributed by atoms with Crippen molar-refractivity contribution in [3.8, 4) is 23.3 Å². The molecule has 2 aromatic rings. The van der Waals surface area contributed by atoms with Crippen LogP contribution in [0.15, 0.2) is 40.9 Å². The van der Waals surface area contributed by atoms with E-state index in [1.807, 2.05) is 31.2 Å². The summed E-state index contributed by atoms with van der Waals surface area (Å²) in [5, 5.41) is 9.11. The van der Waals surface area contributed by atoms with Gasteiger partial charge in [-0.05, 0) is 52.7 Å². The van der Waals surface area contributed by atoms with E-state index in [0.29, 0.717) is 17.1 Å². The van der Waals surface area contributed by atoms with E-state index in [2.05, 4.69) is 22.0 Å². The first-order valence-corrected chi connectivity index (χ1v) is 6.46. The first-order chi connectivity index (χ1) is 9.15. The van der Waals surface area contributed by atoms with Crippen LogP contribution in [0.5, 0.6) is 17.2 Å². The van der Waals surface area contributed by atoms with E-state index in [1.165, 1.54) is 0 Å². The molecule has 0 bridgehead atoms. The van der Waals surface area contributed by atoms with Gasteiger partial charge in [0, 0.05) is 0 Å². The fourth-order valence-electron chi connectivity index (χ4n) is 1.68. The molecule has 3 nitrogen and oxygen atoms in total. The standard InChI is InChI=1S/C15H12BrNO2/c1-10-4-3-5-11(9-17)15(10)19-14-7-6-12(18-2)8-13(14)16/h3-8H,1-2H3. The van der Waals surface area contributed by atoms with E-state index in [-0.39, 0.29) is 0 Å². The summed E-state index contributed by atoms with van der Waals surface area (Å²) in [7, 11) is 1.61. The summed E-state index contributed by atoms with van der Waals surface area (Å²) in [5.41, 5.74) is 1.43. The molecule has 2 aromatic carbocycles. The molecule has 4 heteroatoms. The summed E-state index contributed by atoms with van der Waals surface area (Å²) < 4.78 is 11.7. The highest BCUT2D eigenvalue weighted by Gasteiger charge is 2.10. The van der Waals surface area contributed by atoms with Crippen LogP contribution in [0.4, 0.5) is 0 Å². The molecule has 0 fully saturated rings. The minimum absolute atomic E-state index is 0.516. The summed E-state index contributed by atoms with van der Waals surface area (Å²) in [4.78, 5) is 0. The third-order valence-corrected chi connectivity index (χ3v) is 3.30. The lowest BCUT2D eigenvalue weighted by molar-refractivity contribution is 0.412. The summed E-state index contributed by atoms with van der Waals surface area (Å²) in [6, 6.07) is 13.0. The minimum Gasteiger partial charge on any atom is -0.497 e. The molecule has 0 saturated carbocycles. The summed E-state index contributed by atoms with van der Waals surface area (Å²) >= 11 is 3.43. The van der Waals surface area contributed by atoms with E-state index < -0.39 is 0 Å². The van der Waals surface area contributed by atoms with Crippen LogP contribution < -0.4 is 9.47 Å². The SMILES string of the molecule is COc1ccc(Oc2c(C)cccc2C#N)c(Br)c1. The smallest absolute Gasteiger partial charge is 0.148 e. The van der Waals surface area contributed by atoms with Gasteiger partial charge in [-0.15, -0.1) is 0 Å². The number of nitriles is 1. The number of rotatable bonds is 3. The quantitative estimate of drug-likeness (QED) is 0.841. The highest BCUT2D eigenvalue weighted by Crippen LogP contribution is 2.35. The van der Waals surface area contributed by atoms with Crippen LogP contribution >= 0.6 is 15.9 Å². The van der Waals surface area contributed by atoms with E-state index in [9.17, 15) is 0 Å².